The second kappa shape index (κ2) is 5.26. The second-order valence-corrected chi connectivity index (χ2v) is 2.99. The highest BCUT2D eigenvalue weighted by Crippen LogP contribution is 1.99. The Labute approximate surface area is 82.7 Å². The normalized spacial score (nSPS) is 16.9. The summed E-state index contributed by atoms with van der Waals surface area (Å²) < 4.78 is 4.82. The van der Waals surface area contributed by atoms with Gasteiger partial charge >= 0.3 is 6.09 Å². The Kier molecular flexibility index (Phi) is 3.97. The van der Waals surface area contributed by atoms with Gasteiger partial charge in [0.25, 0.3) is 0 Å². The molecule has 1 fully saturated rings. The summed E-state index contributed by atoms with van der Waals surface area (Å²) in [6, 6.07) is 0. The lowest BCUT2D eigenvalue weighted by atomic mass is 10.4. The van der Waals surface area contributed by atoms with E-state index in [-0.39, 0.29) is 19.1 Å². The van der Waals surface area contributed by atoms with Crippen LogP contribution in [0.15, 0.2) is 12.7 Å². The monoisotopic (exact) mass is 198 g/mol. The first-order valence-electron chi connectivity index (χ1n) is 4.53. The molecule has 0 saturated carbocycles. The van der Waals surface area contributed by atoms with Crippen LogP contribution >= 0.6 is 0 Å². The summed E-state index contributed by atoms with van der Waals surface area (Å²) in [5.41, 5.74) is 0. The van der Waals surface area contributed by atoms with Gasteiger partial charge in [0.1, 0.15) is 13.2 Å². The van der Waals surface area contributed by atoms with Gasteiger partial charge in [0.15, 0.2) is 0 Å². The summed E-state index contributed by atoms with van der Waals surface area (Å²) in [7, 11) is 0. The summed E-state index contributed by atoms with van der Waals surface area (Å²) >= 11 is 0. The van der Waals surface area contributed by atoms with Gasteiger partial charge in [-0.1, -0.05) is 12.7 Å². The first-order valence-corrected chi connectivity index (χ1v) is 4.53. The zero-order chi connectivity index (χ0) is 10.4. The number of carbonyl (C=O) groups is 2. The molecule has 1 N–H and O–H groups in total. The lowest BCUT2D eigenvalue weighted by Crippen LogP contribution is -2.37. The van der Waals surface area contributed by atoms with E-state index in [0.717, 1.165) is 6.42 Å². The average Bonchev–Trinajstić information content (AvgIpc) is 2.39. The second-order valence-electron chi connectivity index (χ2n) is 2.99. The average molecular weight is 198 g/mol. The summed E-state index contributed by atoms with van der Waals surface area (Å²) in [4.78, 5) is 23.8. The molecule has 0 aromatic heterocycles. The fraction of sp³-hybridized carbons (Fsp3) is 0.556. The lowest BCUT2D eigenvalue weighted by molar-refractivity contribution is -0.121. The fourth-order valence-corrected chi connectivity index (χ4v) is 1.18. The minimum absolute atomic E-state index is 0.0793. The third kappa shape index (κ3) is 3.08. The molecule has 0 bridgehead atoms. The highest BCUT2D eigenvalue weighted by atomic mass is 16.6. The number of carbonyl (C=O) groups excluding carboxylic acids is 2. The molecule has 5 heteroatoms. The molecule has 0 aromatic carbocycles. The Bertz CT molecular complexity index is 240. The van der Waals surface area contributed by atoms with Gasteiger partial charge in [-0.05, 0) is 6.42 Å². The van der Waals surface area contributed by atoms with Crippen LogP contribution in [-0.2, 0) is 9.53 Å². The number of hydrogen-bond acceptors (Lipinski definition) is 3. The molecule has 0 atom stereocenters. The van der Waals surface area contributed by atoms with Gasteiger partial charge in [-0.3, -0.25) is 9.69 Å². The molecule has 0 unspecified atom stereocenters. The van der Waals surface area contributed by atoms with Crippen LogP contribution in [0.4, 0.5) is 4.79 Å². The molecule has 1 aliphatic heterocycles. The van der Waals surface area contributed by atoms with Crippen LogP contribution in [-0.4, -0.2) is 43.1 Å². The van der Waals surface area contributed by atoms with Crippen LogP contribution < -0.4 is 5.32 Å². The van der Waals surface area contributed by atoms with E-state index in [9.17, 15) is 9.59 Å². The van der Waals surface area contributed by atoms with Crippen molar-refractivity contribution in [1.29, 1.82) is 0 Å². The van der Waals surface area contributed by atoms with Crippen LogP contribution in [0.5, 0.6) is 0 Å². The maximum absolute atomic E-state index is 11.3. The van der Waals surface area contributed by atoms with Crippen LogP contribution in [0.2, 0.25) is 0 Å². The smallest absolute Gasteiger partial charge is 0.410 e. The van der Waals surface area contributed by atoms with Gasteiger partial charge in [-0.25, -0.2) is 4.79 Å². The van der Waals surface area contributed by atoms with E-state index >= 15 is 0 Å². The minimum Gasteiger partial charge on any atom is -0.445 e. The molecule has 14 heavy (non-hydrogen) atoms. The van der Waals surface area contributed by atoms with Gasteiger partial charge in [-0.15, -0.1) is 0 Å². The summed E-state index contributed by atoms with van der Waals surface area (Å²) in [5.74, 6) is -0.141. The molecule has 1 rings (SSSR count). The van der Waals surface area contributed by atoms with E-state index in [4.69, 9.17) is 4.74 Å². The van der Waals surface area contributed by atoms with E-state index in [1.165, 1.54) is 11.0 Å². The largest absolute Gasteiger partial charge is 0.445 e. The van der Waals surface area contributed by atoms with Crippen LogP contribution in [0, 0.1) is 0 Å². The fourth-order valence-electron chi connectivity index (χ4n) is 1.18. The van der Waals surface area contributed by atoms with Crippen LogP contribution in [0.25, 0.3) is 0 Å². The summed E-state index contributed by atoms with van der Waals surface area (Å²) in [5, 5.41) is 2.68. The van der Waals surface area contributed by atoms with E-state index in [2.05, 4.69) is 11.9 Å². The van der Waals surface area contributed by atoms with Crippen molar-refractivity contribution >= 4 is 12.0 Å². The first-order chi connectivity index (χ1) is 6.74. The van der Waals surface area contributed by atoms with Crippen molar-refractivity contribution in [3.63, 3.8) is 0 Å². The Hall–Kier alpha value is -1.52. The van der Waals surface area contributed by atoms with Gasteiger partial charge in [-0.2, -0.15) is 0 Å². The number of amides is 2. The number of ether oxygens (including phenoxy) is 1. The molecule has 5 nitrogen and oxygen atoms in total. The van der Waals surface area contributed by atoms with Crippen molar-refractivity contribution in [2.24, 2.45) is 0 Å². The molecule has 0 spiro atoms. The Morgan fingerprint density at radius 2 is 2.50 bits per heavy atom. The Balaban J connectivity index is 2.43. The maximum atomic E-state index is 11.3. The van der Waals surface area contributed by atoms with E-state index in [1.807, 2.05) is 0 Å². The topological polar surface area (TPSA) is 58.6 Å². The highest BCUT2D eigenvalue weighted by molar-refractivity contribution is 5.82. The third-order valence-electron chi connectivity index (χ3n) is 1.84. The predicted octanol–water partition coefficient (Wildman–Crippen LogP) is 0.131. The van der Waals surface area contributed by atoms with Gasteiger partial charge in [0, 0.05) is 13.1 Å². The third-order valence-corrected chi connectivity index (χ3v) is 1.84. The molecule has 1 heterocycles. The van der Waals surface area contributed by atoms with Crippen molar-refractivity contribution in [2.45, 2.75) is 6.42 Å². The van der Waals surface area contributed by atoms with Gasteiger partial charge < -0.3 is 10.1 Å². The number of nitrogens with one attached hydrogen (secondary N) is 1. The van der Waals surface area contributed by atoms with Crippen molar-refractivity contribution < 1.29 is 14.3 Å². The SMILES string of the molecule is C=CCOC(=O)N1CCCNC(=O)C1. The van der Waals surface area contributed by atoms with E-state index in [0.29, 0.717) is 13.1 Å². The minimum atomic E-state index is -0.457. The molecule has 1 aliphatic rings. The molecule has 0 aromatic rings. The zero-order valence-electron chi connectivity index (χ0n) is 7.99. The highest BCUT2D eigenvalue weighted by Gasteiger charge is 2.20. The van der Waals surface area contributed by atoms with Crippen LogP contribution in [0.1, 0.15) is 6.42 Å². The van der Waals surface area contributed by atoms with Crippen molar-refractivity contribution in [3.05, 3.63) is 12.7 Å². The van der Waals surface area contributed by atoms with Gasteiger partial charge in [0.2, 0.25) is 5.91 Å². The van der Waals surface area contributed by atoms with Crippen LogP contribution in [0.3, 0.4) is 0 Å². The molecule has 78 valence electrons. The van der Waals surface area contributed by atoms with Gasteiger partial charge in [0.05, 0.1) is 0 Å². The number of nitrogens with zero attached hydrogens (tertiary/aromatic N) is 1. The molecule has 2 amide bonds. The quantitative estimate of drug-likeness (QED) is 0.642. The number of hydrogen-bond donors (Lipinski definition) is 1. The van der Waals surface area contributed by atoms with E-state index < -0.39 is 6.09 Å². The summed E-state index contributed by atoms with van der Waals surface area (Å²) in [6.07, 6.45) is 1.80. The lowest BCUT2D eigenvalue weighted by Gasteiger charge is -2.17. The molecular formula is C9H14N2O3. The number of rotatable bonds is 2. The summed E-state index contributed by atoms with van der Waals surface area (Å²) in [6.45, 7) is 4.86. The van der Waals surface area contributed by atoms with Crippen molar-refractivity contribution in [3.8, 4) is 0 Å². The first kappa shape index (κ1) is 10.6. The molecular weight excluding hydrogens is 184 g/mol. The standard InChI is InChI=1S/C9H14N2O3/c1-2-6-14-9(13)11-5-3-4-10-8(12)7-11/h2H,1,3-7H2,(H,10,12). The van der Waals surface area contributed by atoms with Crippen molar-refractivity contribution in [2.75, 3.05) is 26.2 Å². The predicted molar refractivity (Wildman–Crippen MR) is 50.7 cm³/mol. The molecule has 0 aliphatic carbocycles. The Morgan fingerprint density at radius 3 is 3.21 bits per heavy atom. The van der Waals surface area contributed by atoms with E-state index in [1.54, 1.807) is 0 Å². The molecule has 1 saturated heterocycles. The maximum Gasteiger partial charge on any atom is 0.410 e. The Morgan fingerprint density at radius 1 is 1.71 bits per heavy atom. The zero-order valence-corrected chi connectivity index (χ0v) is 7.99. The van der Waals surface area contributed by atoms with Crippen molar-refractivity contribution in [1.82, 2.24) is 10.2 Å². The molecule has 0 radical (unpaired) electrons.